The van der Waals surface area contributed by atoms with Crippen LogP contribution in [0.2, 0.25) is 0 Å². The number of amides is 1. The lowest BCUT2D eigenvalue weighted by atomic mass is 9.98. The highest BCUT2D eigenvalue weighted by Crippen LogP contribution is 2.28. The summed E-state index contributed by atoms with van der Waals surface area (Å²) in [6, 6.07) is 12.1. The first-order valence-corrected chi connectivity index (χ1v) is 12.9. The van der Waals surface area contributed by atoms with Crippen molar-refractivity contribution in [2.45, 2.75) is 19.5 Å². The van der Waals surface area contributed by atoms with E-state index in [1.807, 2.05) is 36.7 Å². The highest BCUT2D eigenvalue weighted by Gasteiger charge is 2.22. The molecule has 2 saturated heterocycles. The van der Waals surface area contributed by atoms with Gasteiger partial charge in [-0.25, -0.2) is 0 Å². The topological polar surface area (TPSA) is 95.0 Å². The minimum atomic E-state index is -0.239. The van der Waals surface area contributed by atoms with Crippen molar-refractivity contribution in [1.82, 2.24) is 19.8 Å². The van der Waals surface area contributed by atoms with Crippen LogP contribution in [0.15, 0.2) is 60.0 Å². The molecule has 2 N–H and O–H groups in total. The van der Waals surface area contributed by atoms with Crippen LogP contribution < -0.4 is 10.6 Å². The van der Waals surface area contributed by atoms with Gasteiger partial charge in [0.1, 0.15) is 12.4 Å². The van der Waals surface area contributed by atoms with Crippen LogP contribution in [0.25, 0.3) is 11.1 Å². The van der Waals surface area contributed by atoms with Gasteiger partial charge in [-0.2, -0.15) is 0 Å². The summed E-state index contributed by atoms with van der Waals surface area (Å²) in [6.45, 7) is 7.72. The van der Waals surface area contributed by atoms with Crippen molar-refractivity contribution in [3.05, 3.63) is 71.8 Å². The number of pyridine rings is 2. The molecule has 3 aliphatic heterocycles. The van der Waals surface area contributed by atoms with Gasteiger partial charge in [-0.05, 0) is 61.0 Å². The number of nitrogens with zero attached hydrogens (tertiary/aromatic N) is 5. The number of aliphatic imine (C=N–C) groups is 1. The summed E-state index contributed by atoms with van der Waals surface area (Å²) in [5, 5.41) is 6.25. The van der Waals surface area contributed by atoms with Crippen LogP contribution in [-0.2, 0) is 22.6 Å². The van der Waals surface area contributed by atoms with Gasteiger partial charge < -0.3 is 15.4 Å². The second-order valence-electron chi connectivity index (χ2n) is 9.69. The molecule has 0 radical (unpaired) electrons. The van der Waals surface area contributed by atoms with Gasteiger partial charge in [0.2, 0.25) is 0 Å². The Bertz CT molecular complexity index is 1300. The number of nitrogens with one attached hydrogen (secondary N) is 2. The zero-order valence-corrected chi connectivity index (χ0v) is 20.8. The Morgan fingerprint density at radius 2 is 1.81 bits per heavy atom. The number of morpholine rings is 1. The van der Waals surface area contributed by atoms with Gasteiger partial charge in [-0.1, -0.05) is 6.07 Å². The van der Waals surface area contributed by atoms with Crippen molar-refractivity contribution >= 4 is 23.0 Å². The molecule has 190 valence electrons. The standard InChI is InChI=1S/C28H31N7O2/c36-28(33-23-3-4-24(30-16-23)18-34-6-1-7-34)27-25-13-21(2-5-26(25)31-19-32-27)22-12-20(14-29-15-22)17-35-8-10-37-11-9-35/h2-5,12-16,31H,1,6-11,17-19H2,(H,33,36). The number of hydrogen-bond acceptors (Lipinski definition) is 8. The van der Waals surface area contributed by atoms with Gasteiger partial charge >= 0.3 is 0 Å². The van der Waals surface area contributed by atoms with Crippen molar-refractivity contribution in [3.63, 3.8) is 0 Å². The quantitative estimate of drug-likeness (QED) is 0.518. The third kappa shape index (κ3) is 5.53. The Morgan fingerprint density at radius 1 is 0.946 bits per heavy atom. The zero-order valence-electron chi connectivity index (χ0n) is 20.8. The van der Waals surface area contributed by atoms with E-state index < -0.39 is 0 Å². The van der Waals surface area contributed by atoms with E-state index in [1.165, 1.54) is 6.42 Å². The number of fused-ring (bicyclic) bond motifs is 1. The maximum absolute atomic E-state index is 13.2. The summed E-state index contributed by atoms with van der Waals surface area (Å²) in [5.74, 6) is -0.239. The molecule has 3 aliphatic rings. The largest absolute Gasteiger partial charge is 0.379 e. The van der Waals surface area contributed by atoms with Gasteiger partial charge in [-0.15, -0.1) is 0 Å². The Hall–Kier alpha value is -3.66. The van der Waals surface area contributed by atoms with Crippen LogP contribution >= 0.6 is 0 Å². The fourth-order valence-electron chi connectivity index (χ4n) is 4.86. The molecule has 0 saturated carbocycles. The molecule has 5 heterocycles. The van der Waals surface area contributed by atoms with Crippen LogP contribution in [0.5, 0.6) is 0 Å². The molecule has 0 atom stereocenters. The summed E-state index contributed by atoms with van der Waals surface area (Å²) < 4.78 is 5.46. The molecule has 3 aromatic rings. The van der Waals surface area contributed by atoms with E-state index in [0.717, 1.165) is 86.1 Å². The van der Waals surface area contributed by atoms with Crippen LogP contribution in [0, 0.1) is 0 Å². The van der Waals surface area contributed by atoms with E-state index in [2.05, 4.69) is 47.5 Å². The zero-order chi connectivity index (χ0) is 25.0. The number of likely N-dealkylation sites (tertiary alicyclic amines) is 1. The van der Waals surface area contributed by atoms with Crippen molar-refractivity contribution in [2.24, 2.45) is 4.99 Å². The molecular formula is C28H31N7O2. The van der Waals surface area contributed by atoms with Crippen LogP contribution in [0.3, 0.4) is 0 Å². The normalized spacial score (nSPS) is 17.8. The van der Waals surface area contributed by atoms with Gasteiger partial charge in [0.05, 0.1) is 30.8 Å². The number of aromatic nitrogens is 2. The van der Waals surface area contributed by atoms with Gasteiger partial charge in [0.25, 0.3) is 5.91 Å². The summed E-state index contributed by atoms with van der Waals surface area (Å²) in [7, 11) is 0. The molecule has 0 spiro atoms. The fraction of sp³-hybridized carbons (Fsp3) is 0.357. The monoisotopic (exact) mass is 497 g/mol. The average Bonchev–Trinajstić information content (AvgIpc) is 2.92. The minimum absolute atomic E-state index is 0.239. The molecule has 9 heteroatoms. The molecule has 37 heavy (non-hydrogen) atoms. The first kappa shape index (κ1) is 23.7. The first-order valence-electron chi connectivity index (χ1n) is 12.9. The average molecular weight is 498 g/mol. The molecule has 6 rings (SSSR count). The molecule has 9 nitrogen and oxygen atoms in total. The number of rotatable bonds is 7. The van der Waals surface area contributed by atoms with E-state index in [4.69, 9.17) is 4.74 Å². The molecule has 2 fully saturated rings. The van der Waals surface area contributed by atoms with Gasteiger partial charge in [-0.3, -0.25) is 29.6 Å². The van der Waals surface area contributed by atoms with E-state index in [-0.39, 0.29) is 5.91 Å². The maximum atomic E-state index is 13.2. The maximum Gasteiger partial charge on any atom is 0.274 e. The number of benzene rings is 1. The number of anilines is 2. The third-order valence-corrected chi connectivity index (χ3v) is 7.05. The van der Waals surface area contributed by atoms with E-state index >= 15 is 0 Å². The Labute approximate surface area is 216 Å². The van der Waals surface area contributed by atoms with Gasteiger partial charge in [0, 0.05) is 55.4 Å². The Balaban J connectivity index is 1.18. The van der Waals surface area contributed by atoms with E-state index in [9.17, 15) is 4.79 Å². The summed E-state index contributed by atoms with van der Waals surface area (Å²) in [4.78, 5) is 31.5. The Kier molecular flexibility index (Phi) is 6.90. The van der Waals surface area contributed by atoms with Crippen molar-refractivity contribution in [2.75, 3.05) is 56.7 Å². The van der Waals surface area contributed by atoms with Crippen LogP contribution in [0.4, 0.5) is 11.4 Å². The first-order chi connectivity index (χ1) is 18.2. The number of hydrogen-bond donors (Lipinski definition) is 2. The number of ether oxygens (including phenoxy) is 1. The van der Waals surface area contributed by atoms with Crippen LogP contribution in [0.1, 0.15) is 23.2 Å². The lowest BCUT2D eigenvalue weighted by molar-refractivity contribution is -0.110. The lowest BCUT2D eigenvalue weighted by Crippen LogP contribution is -2.36. The highest BCUT2D eigenvalue weighted by molar-refractivity contribution is 6.50. The fourth-order valence-corrected chi connectivity index (χ4v) is 4.86. The molecule has 1 amide bonds. The second-order valence-corrected chi connectivity index (χ2v) is 9.69. The molecule has 0 unspecified atom stereocenters. The predicted octanol–water partition coefficient (Wildman–Crippen LogP) is 2.99. The molecule has 0 bridgehead atoms. The highest BCUT2D eigenvalue weighted by atomic mass is 16.5. The van der Waals surface area contributed by atoms with Crippen molar-refractivity contribution < 1.29 is 9.53 Å². The summed E-state index contributed by atoms with van der Waals surface area (Å²) >= 11 is 0. The number of carbonyl (C=O) groups excluding carboxylic acids is 1. The number of carbonyl (C=O) groups is 1. The third-order valence-electron chi connectivity index (χ3n) is 7.05. The predicted molar refractivity (Wildman–Crippen MR) is 144 cm³/mol. The molecular weight excluding hydrogens is 466 g/mol. The van der Waals surface area contributed by atoms with Crippen LogP contribution in [-0.4, -0.2) is 77.4 Å². The lowest BCUT2D eigenvalue weighted by Gasteiger charge is -2.30. The minimum Gasteiger partial charge on any atom is -0.379 e. The van der Waals surface area contributed by atoms with Gasteiger partial charge in [0.15, 0.2) is 0 Å². The molecule has 2 aromatic heterocycles. The Morgan fingerprint density at radius 3 is 2.59 bits per heavy atom. The van der Waals surface area contributed by atoms with Crippen molar-refractivity contribution in [1.29, 1.82) is 0 Å². The van der Waals surface area contributed by atoms with E-state index in [1.54, 1.807) is 6.20 Å². The smallest absolute Gasteiger partial charge is 0.274 e. The second kappa shape index (κ2) is 10.8. The van der Waals surface area contributed by atoms with Crippen molar-refractivity contribution in [3.8, 4) is 11.1 Å². The SMILES string of the molecule is O=C(Nc1ccc(CN2CCC2)nc1)C1=NCNc2ccc(-c3cncc(CN4CCOCC4)c3)cc21. The molecule has 1 aromatic carbocycles. The molecule has 0 aliphatic carbocycles. The summed E-state index contributed by atoms with van der Waals surface area (Å²) in [6.07, 6.45) is 6.76. The summed E-state index contributed by atoms with van der Waals surface area (Å²) in [5.41, 5.74) is 6.93. The van der Waals surface area contributed by atoms with E-state index in [0.29, 0.717) is 18.1 Å².